The van der Waals surface area contributed by atoms with E-state index in [-0.39, 0.29) is 37.5 Å². The Hall–Kier alpha value is -3.41. The number of esters is 3. The van der Waals surface area contributed by atoms with E-state index in [9.17, 15) is 14.4 Å². The third-order valence-corrected chi connectivity index (χ3v) is 11.4. The summed E-state index contributed by atoms with van der Waals surface area (Å²) in [5, 5.41) is 0. The Balaban J connectivity index is 4.43. The third-order valence-electron chi connectivity index (χ3n) is 11.4. The van der Waals surface area contributed by atoms with Crippen LogP contribution in [-0.2, 0) is 28.6 Å². The molecule has 0 aliphatic rings. The zero-order chi connectivity index (χ0) is 47.2. The lowest BCUT2D eigenvalue weighted by molar-refractivity contribution is -0.167. The summed E-state index contributed by atoms with van der Waals surface area (Å²) in [6.07, 6.45) is 68.6. The number of allylic oxidation sites excluding steroid dienone is 14. The summed E-state index contributed by atoms with van der Waals surface area (Å²) in [4.78, 5) is 38.0. The van der Waals surface area contributed by atoms with Crippen LogP contribution in [0.2, 0.25) is 0 Å². The maximum Gasteiger partial charge on any atom is 0.306 e. The Bertz CT molecular complexity index is 1270. The second kappa shape index (κ2) is 53.2. The van der Waals surface area contributed by atoms with Crippen LogP contribution in [0.4, 0.5) is 0 Å². The maximum absolute atomic E-state index is 12.8. The molecule has 0 saturated heterocycles. The number of hydrogen-bond acceptors (Lipinski definition) is 6. The molecule has 65 heavy (non-hydrogen) atoms. The van der Waals surface area contributed by atoms with E-state index in [1.54, 1.807) is 0 Å². The zero-order valence-electron chi connectivity index (χ0n) is 42.5. The van der Waals surface area contributed by atoms with Gasteiger partial charge in [-0.1, -0.05) is 228 Å². The number of carbonyl (C=O) groups excluding carboxylic acids is 3. The lowest BCUT2D eigenvalue weighted by atomic mass is 10.1. The highest BCUT2D eigenvalue weighted by Gasteiger charge is 2.19. The SMILES string of the molecule is CC/C=C\C/C=C\C/C=C\CCCCCCCCCCCC(=O)OCC(COC(=O)CCCCCCCCCCCCC)OC(=O)CCC/C=C\C/C=C\C/C=C\C/C=C\CCCCC. The van der Waals surface area contributed by atoms with Crippen molar-refractivity contribution in [3.63, 3.8) is 0 Å². The predicted molar refractivity (Wildman–Crippen MR) is 279 cm³/mol. The van der Waals surface area contributed by atoms with Crippen molar-refractivity contribution in [2.24, 2.45) is 0 Å². The van der Waals surface area contributed by atoms with Crippen molar-refractivity contribution in [1.82, 2.24) is 0 Å². The van der Waals surface area contributed by atoms with Crippen molar-refractivity contribution in [3.05, 3.63) is 85.1 Å². The van der Waals surface area contributed by atoms with Gasteiger partial charge in [0.15, 0.2) is 6.10 Å². The van der Waals surface area contributed by atoms with Crippen molar-refractivity contribution >= 4 is 17.9 Å². The largest absolute Gasteiger partial charge is 0.462 e. The molecule has 1 unspecified atom stereocenters. The minimum Gasteiger partial charge on any atom is -0.462 e. The van der Waals surface area contributed by atoms with Gasteiger partial charge in [0.05, 0.1) is 0 Å². The first-order valence-corrected chi connectivity index (χ1v) is 27.1. The molecule has 0 aromatic carbocycles. The van der Waals surface area contributed by atoms with Gasteiger partial charge in [0.1, 0.15) is 13.2 Å². The lowest BCUT2D eigenvalue weighted by Gasteiger charge is -2.18. The molecule has 0 N–H and O–H groups in total. The number of unbranched alkanes of at least 4 members (excludes halogenated alkanes) is 23. The van der Waals surface area contributed by atoms with E-state index in [2.05, 4.69) is 106 Å². The van der Waals surface area contributed by atoms with Crippen LogP contribution in [0.1, 0.15) is 252 Å². The van der Waals surface area contributed by atoms with Crippen molar-refractivity contribution < 1.29 is 28.6 Å². The standard InChI is InChI=1S/C59H100O6/c1-4-7-10-13-16-19-22-24-26-28-29-31-32-34-37-40-43-46-49-52-58(61)64-55-56(54-63-57(60)51-48-45-42-39-36-21-18-15-12-9-6-3)65-59(62)53-50-47-44-41-38-35-33-30-27-25-23-20-17-14-11-8-5-2/h7,10,16-17,19-20,24-27,33,35,41,44,56H,4-6,8-9,11-15,18,21-23,28-32,34,36-40,42-43,45-55H2,1-3H3/b10-7-,19-16-,20-17-,26-24-,27-25-,35-33-,44-41-. The third kappa shape index (κ3) is 51.4. The summed E-state index contributed by atoms with van der Waals surface area (Å²) < 4.78 is 16.8. The molecule has 0 saturated carbocycles. The van der Waals surface area contributed by atoms with Gasteiger partial charge in [0, 0.05) is 19.3 Å². The van der Waals surface area contributed by atoms with E-state index in [1.165, 1.54) is 122 Å². The average molecular weight is 905 g/mol. The van der Waals surface area contributed by atoms with E-state index in [0.717, 1.165) is 83.5 Å². The smallest absolute Gasteiger partial charge is 0.306 e. The van der Waals surface area contributed by atoms with Gasteiger partial charge in [-0.05, 0) is 89.9 Å². The fourth-order valence-electron chi connectivity index (χ4n) is 7.33. The second-order valence-corrected chi connectivity index (χ2v) is 17.8. The van der Waals surface area contributed by atoms with Crippen LogP contribution in [0.5, 0.6) is 0 Å². The van der Waals surface area contributed by atoms with E-state index < -0.39 is 6.10 Å². The van der Waals surface area contributed by atoms with Crippen LogP contribution in [0, 0.1) is 0 Å². The monoisotopic (exact) mass is 905 g/mol. The van der Waals surface area contributed by atoms with Gasteiger partial charge >= 0.3 is 17.9 Å². The van der Waals surface area contributed by atoms with E-state index in [4.69, 9.17) is 14.2 Å². The molecule has 0 radical (unpaired) electrons. The van der Waals surface area contributed by atoms with E-state index >= 15 is 0 Å². The van der Waals surface area contributed by atoms with Crippen molar-refractivity contribution in [1.29, 1.82) is 0 Å². The average Bonchev–Trinajstić information content (AvgIpc) is 3.30. The molecule has 372 valence electrons. The topological polar surface area (TPSA) is 78.9 Å². The van der Waals surface area contributed by atoms with Crippen LogP contribution in [0.3, 0.4) is 0 Å². The van der Waals surface area contributed by atoms with Crippen molar-refractivity contribution in [2.75, 3.05) is 13.2 Å². The summed E-state index contributed by atoms with van der Waals surface area (Å²) in [6.45, 7) is 6.45. The van der Waals surface area contributed by atoms with Crippen LogP contribution >= 0.6 is 0 Å². The van der Waals surface area contributed by atoms with Crippen LogP contribution < -0.4 is 0 Å². The van der Waals surface area contributed by atoms with E-state index in [0.29, 0.717) is 19.3 Å². The summed E-state index contributed by atoms with van der Waals surface area (Å²) in [5.41, 5.74) is 0. The summed E-state index contributed by atoms with van der Waals surface area (Å²) in [6, 6.07) is 0. The Morgan fingerprint density at radius 2 is 0.615 bits per heavy atom. The Morgan fingerprint density at radius 1 is 0.323 bits per heavy atom. The number of hydrogen-bond donors (Lipinski definition) is 0. The number of rotatable bonds is 48. The Kier molecular flexibility index (Phi) is 50.4. The predicted octanol–water partition coefficient (Wildman–Crippen LogP) is 18.0. The fourth-order valence-corrected chi connectivity index (χ4v) is 7.33. The molecule has 1 atom stereocenters. The molecule has 0 amide bonds. The maximum atomic E-state index is 12.8. The number of carbonyl (C=O) groups is 3. The van der Waals surface area contributed by atoms with Crippen LogP contribution in [0.25, 0.3) is 0 Å². The van der Waals surface area contributed by atoms with E-state index in [1.807, 2.05) is 0 Å². The molecular weight excluding hydrogens is 805 g/mol. The minimum absolute atomic E-state index is 0.0984. The Morgan fingerprint density at radius 3 is 1.02 bits per heavy atom. The van der Waals surface area contributed by atoms with Gasteiger partial charge in [-0.15, -0.1) is 0 Å². The van der Waals surface area contributed by atoms with Gasteiger partial charge in [-0.2, -0.15) is 0 Å². The zero-order valence-corrected chi connectivity index (χ0v) is 42.5. The summed E-state index contributed by atoms with van der Waals surface area (Å²) >= 11 is 0. The van der Waals surface area contributed by atoms with Gasteiger partial charge in [0.25, 0.3) is 0 Å². The minimum atomic E-state index is -0.805. The van der Waals surface area contributed by atoms with Gasteiger partial charge < -0.3 is 14.2 Å². The highest BCUT2D eigenvalue weighted by atomic mass is 16.6. The highest BCUT2D eigenvalue weighted by molar-refractivity contribution is 5.71. The number of ether oxygens (including phenoxy) is 3. The Labute approximate surface area is 401 Å². The summed E-state index contributed by atoms with van der Waals surface area (Å²) in [5.74, 6) is -0.959. The molecule has 0 aliphatic heterocycles. The molecule has 0 fully saturated rings. The first-order valence-electron chi connectivity index (χ1n) is 27.1. The van der Waals surface area contributed by atoms with Gasteiger partial charge in [-0.25, -0.2) is 0 Å². The normalized spacial score (nSPS) is 12.7. The molecule has 6 heteroatoms. The van der Waals surface area contributed by atoms with Gasteiger partial charge in [0.2, 0.25) is 0 Å². The molecule has 0 bridgehead atoms. The van der Waals surface area contributed by atoms with Crippen molar-refractivity contribution in [2.45, 2.75) is 258 Å². The van der Waals surface area contributed by atoms with Crippen LogP contribution in [0.15, 0.2) is 85.1 Å². The summed E-state index contributed by atoms with van der Waals surface area (Å²) in [7, 11) is 0. The molecule has 0 spiro atoms. The van der Waals surface area contributed by atoms with Gasteiger partial charge in [-0.3, -0.25) is 14.4 Å². The molecule has 0 aromatic heterocycles. The molecule has 0 rings (SSSR count). The molecular formula is C59H100O6. The second-order valence-electron chi connectivity index (χ2n) is 17.8. The van der Waals surface area contributed by atoms with Crippen molar-refractivity contribution in [3.8, 4) is 0 Å². The molecule has 6 nitrogen and oxygen atoms in total. The highest BCUT2D eigenvalue weighted by Crippen LogP contribution is 2.15. The lowest BCUT2D eigenvalue weighted by Crippen LogP contribution is -2.30. The first-order chi connectivity index (χ1) is 32.0. The molecule has 0 aliphatic carbocycles. The first kappa shape index (κ1) is 61.6. The molecule has 0 heterocycles. The quantitative estimate of drug-likeness (QED) is 0.0262. The molecule has 0 aromatic rings. The van der Waals surface area contributed by atoms with Crippen LogP contribution in [-0.4, -0.2) is 37.2 Å². The fraction of sp³-hybridized carbons (Fsp3) is 0.712.